The molecule has 1 fully saturated rings. The van der Waals surface area contributed by atoms with Gasteiger partial charge in [-0.15, -0.1) is 13.2 Å². The standard InChI is InChI=1S/C22H22F3N5O3/c1-3-19(32)27-12-17-20-18(29(2)14-10-15(31)11-14)8-9-26-21(20)30(28-17)13-4-6-16(7-5-13)33-22(23,24)25/h3-9,14-15,31H,1,10-12H2,2H3,(H,27,32)/t14-,15-. The lowest BCUT2D eigenvalue weighted by atomic mass is 9.88. The van der Waals surface area contributed by atoms with Gasteiger partial charge in [0.15, 0.2) is 5.65 Å². The second-order valence-electron chi connectivity index (χ2n) is 7.74. The number of fused-ring (bicyclic) bond motifs is 1. The molecule has 1 aliphatic carbocycles. The third kappa shape index (κ3) is 4.77. The number of halogens is 3. The topological polar surface area (TPSA) is 92.5 Å². The Morgan fingerprint density at radius 3 is 2.64 bits per heavy atom. The Hall–Kier alpha value is -3.60. The summed E-state index contributed by atoms with van der Waals surface area (Å²) < 4.78 is 42.9. The van der Waals surface area contributed by atoms with E-state index in [0.717, 1.165) is 11.8 Å². The van der Waals surface area contributed by atoms with E-state index in [0.29, 0.717) is 35.3 Å². The second kappa shape index (κ2) is 8.74. The zero-order valence-electron chi connectivity index (χ0n) is 17.7. The number of ether oxygens (including phenoxy) is 1. The fraction of sp³-hybridized carbons (Fsp3) is 0.318. The average molecular weight is 461 g/mol. The Labute approximate surface area is 187 Å². The molecule has 0 saturated heterocycles. The van der Waals surface area contributed by atoms with Gasteiger partial charge in [0.05, 0.1) is 35.1 Å². The molecule has 2 heterocycles. The molecule has 2 N–H and O–H groups in total. The van der Waals surface area contributed by atoms with E-state index < -0.39 is 6.36 Å². The molecule has 174 valence electrons. The summed E-state index contributed by atoms with van der Waals surface area (Å²) in [6.45, 7) is 3.54. The number of aromatic nitrogens is 3. The Kier molecular flexibility index (Phi) is 5.98. The fourth-order valence-electron chi connectivity index (χ4n) is 3.80. The van der Waals surface area contributed by atoms with Gasteiger partial charge < -0.3 is 20.1 Å². The summed E-state index contributed by atoms with van der Waals surface area (Å²) in [7, 11) is 1.91. The van der Waals surface area contributed by atoms with Gasteiger partial charge in [-0.1, -0.05) is 6.58 Å². The largest absolute Gasteiger partial charge is 0.573 e. The van der Waals surface area contributed by atoms with Crippen LogP contribution in [0.3, 0.4) is 0 Å². The smallest absolute Gasteiger partial charge is 0.406 e. The predicted molar refractivity (Wildman–Crippen MR) is 115 cm³/mol. The molecule has 2 aromatic heterocycles. The van der Waals surface area contributed by atoms with Crippen LogP contribution in [0.5, 0.6) is 5.75 Å². The Morgan fingerprint density at radius 2 is 2.03 bits per heavy atom. The van der Waals surface area contributed by atoms with E-state index in [1.165, 1.54) is 28.9 Å². The monoisotopic (exact) mass is 461 g/mol. The van der Waals surface area contributed by atoms with E-state index in [1.807, 2.05) is 18.0 Å². The highest BCUT2D eigenvalue weighted by atomic mass is 19.4. The van der Waals surface area contributed by atoms with Crippen molar-refractivity contribution >= 4 is 22.6 Å². The van der Waals surface area contributed by atoms with Crippen molar-refractivity contribution in [2.75, 3.05) is 11.9 Å². The Balaban J connectivity index is 1.76. The lowest BCUT2D eigenvalue weighted by molar-refractivity contribution is -0.274. The molecule has 3 aromatic rings. The number of hydrogen-bond acceptors (Lipinski definition) is 6. The number of nitrogens with zero attached hydrogens (tertiary/aromatic N) is 4. The van der Waals surface area contributed by atoms with E-state index in [9.17, 15) is 23.1 Å². The quantitative estimate of drug-likeness (QED) is 0.526. The minimum Gasteiger partial charge on any atom is -0.406 e. The number of nitrogens with one attached hydrogen (secondary N) is 1. The molecule has 1 saturated carbocycles. The summed E-state index contributed by atoms with van der Waals surface area (Å²) in [5.74, 6) is -0.717. The molecular weight excluding hydrogens is 439 g/mol. The first-order valence-corrected chi connectivity index (χ1v) is 10.2. The molecule has 33 heavy (non-hydrogen) atoms. The summed E-state index contributed by atoms with van der Waals surface area (Å²) >= 11 is 0. The number of rotatable bonds is 7. The van der Waals surface area contributed by atoms with Crippen molar-refractivity contribution in [3.8, 4) is 11.4 Å². The molecule has 0 radical (unpaired) electrons. The van der Waals surface area contributed by atoms with Gasteiger partial charge in [-0.2, -0.15) is 5.10 Å². The number of amides is 1. The first-order chi connectivity index (χ1) is 15.7. The molecule has 4 rings (SSSR count). The van der Waals surface area contributed by atoms with Crippen molar-refractivity contribution in [2.24, 2.45) is 0 Å². The number of aliphatic hydroxyl groups is 1. The number of aliphatic hydroxyl groups excluding tert-OH is 1. The minimum absolute atomic E-state index is 0.101. The van der Waals surface area contributed by atoms with Gasteiger partial charge in [-0.25, -0.2) is 9.67 Å². The van der Waals surface area contributed by atoms with E-state index in [1.54, 1.807) is 6.20 Å². The molecule has 0 bridgehead atoms. The van der Waals surface area contributed by atoms with E-state index in [2.05, 4.69) is 26.7 Å². The molecule has 8 nitrogen and oxygen atoms in total. The van der Waals surface area contributed by atoms with E-state index >= 15 is 0 Å². The molecule has 0 aliphatic heterocycles. The van der Waals surface area contributed by atoms with Crippen molar-refractivity contribution in [3.63, 3.8) is 0 Å². The Morgan fingerprint density at radius 1 is 1.33 bits per heavy atom. The van der Waals surface area contributed by atoms with Gasteiger partial charge in [-0.05, 0) is 49.2 Å². The third-order valence-corrected chi connectivity index (χ3v) is 5.57. The lowest BCUT2D eigenvalue weighted by Gasteiger charge is -2.40. The summed E-state index contributed by atoms with van der Waals surface area (Å²) in [6, 6.07) is 7.25. The summed E-state index contributed by atoms with van der Waals surface area (Å²) in [5, 5.41) is 17.7. The van der Waals surface area contributed by atoms with Crippen molar-refractivity contribution in [2.45, 2.75) is 37.9 Å². The molecule has 0 spiro atoms. The number of carbonyl (C=O) groups excluding carboxylic acids is 1. The van der Waals surface area contributed by atoms with Crippen LogP contribution in [0.4, 0.5) is 18.9 Å². The van der Waals surface area contributed by atoms with Gasteiger partial charge >= 0.3 is 6.36 Å². The summed E-state index contributed by atoms with van der Waals surface area (Å²) in [6.07, 6.45) is -1.07. The summed E-state index contributed by atoms with van der Waals surface area (Å²) in [5.41, 5.74) is 2.31. The minimum atomic E-state index is -4.79. The van der Waals surface area contributed by atoms with Gasteiger partial charge in [0.2, 0.25) is 5.91 Å². The molecule has 1 amide bonds. The van der Waals surface area contributed by atoms with Crippen molar-refractivity contribution in [1.82, 2.24) is 20.1 Å². The van der Waals surface area contributed by atoms with Crippen molar-refractivity contribution in [1.29, 1.82) is 0 Å². The highest BCUT2D eigenvalue weighted by molar-refractivity contribution is 5.94. The normalized spacial score (nSPS) is 18.0. The third-order valence-electron chi connectivity index (χ3n) is 5.57. The number of pyridine rings is 1. The average Bonchev–Trinajstić information content (AvgIpc) is 3.13. The maximum Gasteiger partial charge on any atom is 0.573 e. The van der Waals surface area contributed by atoms with Crippen LogP contribution >= 0.6 is 0 Å². The highest BCUT2D eigenvalue weighted by Crippen LogP contribution is 2.35. The van der Waals surface area contributed by atoms with Crippen LogP contribution in [0.15, 0.2) is 49.2 Å². The van der Waals surface area contributed by atoms with Crippen LogP contribution in [0.25, 0.3) is 16.7 Å². The zero-order valence-corrected chi connectivity index (χ0v) is 17.7. The van der Waals surface area contributed by atoms with Gasteiger partial charge in [-0.3, -0.25) is 4.79 Å². The molecular formula is C22H22F3N5O3. The van der Waals surface area contributed by atoms with Crippen LogP contribution in [0.2, 0.25) is 0 Å². The number of hydrogen-bond donors (Lipinski definition) is 2. The van der Waals surface area contributed by atoms with E-state index in [4.69, 9.17) is 0 Å². The SMILES string of the molecule is C=CC(=O)NCc1nn(-c2ccc(OC(F)(F)F)cc2)c2nccc(N(C)[C@H]3C[C@H](O)C3)c12. The van der Waals surface area contributed by atoms with Gasteiger partial charge in [0, 0.05) is 19.3 Å². The fourth-order valence-corrected chi connectivity index (χ4v) is 3.80. The first-order valence-electron chi connectivity index (χ1n) is 10.2. The predicted octanol–water partition coefficient (Wildman–Crippen LogP) is 3.08. The number of carbonyl (C=O) groups is 1. The van der Waals surface area contributed by atoms with Crippen LogP contribution < -0.4 is 15.0 Å². The van der Waals surface area contributed by atoms with Gasteiger partial charge in [0.25, 0.3) is 0 Å². The lowest BCUT2D eigenvalue weighted by Crippen LogP contribution is -2.45. The highest BCUT2D eigenvalue weighted by Gasteiger charge is 2.33. The number of benzene rings is 1. The van der Waals surface area contributed by atoms with Crippen LogP contribution in [0.1, 0.15) is 18.5 Å². The van der Waals surface area contributed by atoms with E-state index in [-0.39, 0.29) is 30.3 Å². The number of anilines is 1. The molecule has 1 aliphatic rings. The van der Waals surface area contributed by atoms with Crippen LogP contribution in [-0.2, 0) is 11.3 Å². The second-order valence-corrected chi connectivity index (χ2v) is 7.74. The molecule has 11 heteroatoms. The van der Waals surface area contributed by atoms with Crippen molar-refractivity contribution in [3.05, 3.63) is 54.9 Å². The maximum atomic E-state index is 12.5. The van der Waals surface area contributed by atoms with Crippen molar-refractivity contribution < 1.29 is 27.8 Å². The number of alkyl halides is 3. The molecule has 0 atom stereocenters. The molecule has 0 unspecified atom stereocenters. The Bertz CT molecular complexity index is 1170. The summed E-state index contributed by atoms with van der Waals surface area (Å²) in [4.78, 5) is 18.2. The maximum absolute atomic E-state index is 12.5. The molecule has 1 aromatic carbocycles. The van der Waals surface area contributed by atoms with Crippen LogP contribution in [0, 0.1) is 0 Å². The first kappa shape index (κ1) is 22.6. The van der Waals surface area contributed by atoms with Gasteiger partial charge in [0.1, 0.15) is 5.75 Å². The van der Waals surface area contributed by atoms with Crippen LogP contribution in [-0.4, -0.2) is 51.3 Å². The zero-order chi connectivity index (χ0) is 23.8.